The van der Waals surface area contributed by atoms with Crippen LogP contribution in [0.15, 0.2) is 21.6 Å². The van der Waals surface area contributed by atoms with Gasteiger partial charge in [0, 0.05) is 30.5 Å². The summed E-state index contributed by atoms with van der Waals surface area (Å²) >= 11 is 0. The third-order valence-corrected chi connectivity index (χ3v) is 8.43. The van der Waals surface area contributed by atoms with E-state index < -0.39 is 17.1 Å². The molecule has 2 aromatic heterocycles. The first-order chi connectivity index (χ1) is 17.1. The Kier molecular flexibility index (Phi) is 5.13. The van der Waals surface area contributed by atoms with Gasteiger partial charge in [-0.05, 0) is 58.8 Å². The molecular formula is C25H29F3N6O2. The Hall–Kier alpha value is -2.82. The molecule has 4 aliphatic carbocycles. The summed E-state index contributed by atoms with van der Waals surface area (Å²) in [5.74, 6) is -0.247. The van der Waals surface area contributed by atoms with Crippen molar-refractivity contribution < 1.29 is 17.9 Å². The Balaban J connectivity index is 1.39. The van der Waals surface area contributed by atoms with Crippen LogP contribution in [0.4, 0.5) is 13.2 Å². The van der Waals surface area contributed by atoms with E-state index in [1.54, 1.807) is 20.1 Å². The fraction of sp³-hybridized carbons (Fsp3) is 0.640. The highest BCUT2D eigenvalue weighted by molar-refractivity contribution is 5.80. The van der Waals surface area contributed by atoms with E-state index in [1.807, 2.05) is 0 Å². The molecule has 0 amide bonds. The highest BCUT2D eigenvalue weighted by atomic mass is 19.4. The van der Waals surface area contributed by atoms with Gasteiger partial charge < -0.3 is 10.5 Å². The molecule has 192 valence electrons. The number of aryl methyl sites for hydroxylation is 2. The molecule has 1 saturated heterocycles. The number of aliphatic imine (C=N–C) groups is 1. The minimum atomic E-state index is -4.27. The van der Waals surface area contributed by atoms with Gasteiger partial charge in [-0.1, -0.05) is 0 Å². The predicted molar refractivity (Wildman–Crippen MR) is 127 cm³/mol. The van der Waals surface area contributed by atoms with Crippen LogP contribution in [0.25, 0.3) is 11.3 Å². The molecule has 2 aromatic rings. The van der Waals surface area contributed by atoms with Gasteiger partial charge in [-0.15, -0.1) is 0 Å². The molecule has 0 unspecified atom stereocenters. The normalized spacial score (nSPS) is 32.5. The van der Waals surface area contributed by atoms with E-state index in [0.29, 0.717) is 48.2 Å². The summed E-state index contributed by atoms with van der Waals surface area (Å²) < 4.78 is 48.3. The highest BCUT2D eigenvalue weighted by Crippen LogP contribution is 2.76. The molecule has 7 rings (SSSR count). The molecule has 5 aliphatic rings. The van der Waals surface area contributed by atoms with E-state index in [1.165, 1.54) is 10.8 Å². The first-order valence-electron chi connectivity index (χ1n) is 12.5. The molecule has 0 radical (unpaired) electrons. The van der Waals surface area contributed by atoms with Crippen LogP contribution in [0.5, 0.6) is 0 Å². The smallest absolute Gasteiger partial charge is 0.394 e. The third kappa shape index (κ3) is 3.49. The average Bonchev–Trinajstić information content (AvgIpc) is 3.59. The molecule has 11 heteroatoms. The predicted octanol–water partition coefficient (Wildman–Crippen LogP) is 3.58. The maximum Gasteiger partial charge on any atom is 0.394 e. The Morgan fingerprint density at radius 2 is 1.83 bits per heavy atom. The van der Waals surface area contributed by atoms with Gasteiger partial charge in [0.2, 0.25) is 0 Å². The molecular weight excluding hydrogens is 473 g/mol. The van der Waals surface area contributed by atoms with Crippen LogP contribution in [-0.4, -0.2) is 50.7 Å². The number of ether oxygens (including phenoxy) is 1. The van der Waals surface area contributed by atoms with Crippen LogP contribution in [0.1, 0.15) is 67.9 Å². The summed E-state index contributed by atoms with van der Waals surface area (Å²) in [6.07, 6.45) is 1.50. The first-order valence-corrected chi connectivity index (χ1v) is 12.5. The second-order valence-electron chi connectivity index (χ2n) is 11.0. The minimum Gasteiger partial charge on any atom is -0.404 e. The number of alkyl halides is 3. The van der Waals surface area contributed by atoms with Crippen molar-refractivity contribution in [1.82, 2.24) is 19.5 Å². The molecule has 0 spiro atoms. The van der Waals surface area contributed by atoms with Gasteiger partial charge in [-0.25, -0.2) is 15.0 Å². The zero-order chi connectivity index (χ0) is 25.5. The lowest BCUT2D eigenvalue weighted by molar-refractivity contribution is -0.354. The molecule has 5 fully saturated rings. The van der Waals surface area contributed by atoms with Crippen molar-refractivity contribution in [3.8, 4) is 0 Å². The SMILES string of the molecule is Cc1nc2nc([C@H]3CCO[C@@H](/C(C=NC4CC4)=C/N)C3)c(=O)n(C34CC(C(F)(F)F)(C3)C4)c2nc1C. The lowest BCUT2D eigenvalue weighted by Crippen LogP contribution is -2.74. The zero-order valence-electron chi connectivity index (χ0n) is 20.3. The zero-order valence-corrected chi connectivity index (χ0v) is 20.3. The van der Waals surface area contributed by atoms with Gasteiger partial charge >= 0.3 is 6.18 Å². The lowest BCUT2D eigenvalue weighted by atomic mass is 9.39. The van der Waals surface area contributed by atoms with Gasteiger partial charge in [0.1, 0.15) is 5.69 Å². The van der Waals surface area contributed by atoms with E-state index in [2.05, 4.69) is 19.9 Å². The summed E-state index contributed by atoms with van der Waals surface area (Å²) in [6, 6.07) is 0.340. The van der Waals surface area contributed by atoms with Gasteiger partial charge in [0.15, 0.2) is 11.3 Å². The van der Waals surface area contributed by atoms with E-state index in [-0.39, 0.29) is 42.5 Å². The summed E-state index contributed by atoms with van der Waals surface area (Å²) in [7, 11) is 0. The van der Waals surface area contributed by atoms with Gasteiger partial charge in [-0.2, -0.15) is 13.2 Å². The summed E-state index contributed by atoms with van der Waals surface area (Å²) in [6.45, 7) is 3.99. The molecule has 2 N–H and O–H groups in total. The standard InChI is InChI=1S/C25H29F3N6O2/c1-13-14(2)32-21-20(31-13)33-19(22(35)34(21)24-10-23(11-24,12-24)25(26,27)28)15-5-6-36-18(7-15)16(8-29)9-30-17-3-4-17/h8-9,15,17-18H,3-7,10-12,29H2,1-2H3/b16-8+,30-9?/t15-,18+,23?,24?/m0/s1. The maximum atomic E-state index is 13.9. The fourth-order valence-electron chi connectivity index (χ4n) is 6.08. The Morgan fingerprint density at radius 1 is 1.14 bits per heavy atom. The molecule has 36 heavy (non-hydrogen) atoms. The van der Waals surface area contributed by atoms with Crippen molar-refractivity contribution in [2.75, 3.05) is 6.61 Å². The van der Waals surface area contributed by atoms with Crippen molar-refractivity contribution in [2.45, 2.75) is 88.6 Å². The van der Waals surface area contributed by atoms with Crippen LogP contribution >= 0.6 is 0 Å². The first kappa shape index (κ1) is 23.6. The molecule has 2 atom stereocenters. The lowest BCUT2D eigenvalue weighted by Gasteiger charge is -2.70. The molecule has 0 aromatic carbocycles. The van der Waals surface area contributed by atoms with Crippen LogP contribution in [-0.2, 0) is 10.3 Å². The quantitative estimate of drug-likeness (QED) is 0.626. The minimum absolute atomic E-state index is 0.106. The van der Waals surface area contributed by atoms with Crippen LogP contribution in [0, 0.1) is 19.3 Å². The average molecular weight is 503 g/mol. The summed E-state index contributed by atoms with van der Waals surface area (Å²) in [5, 5.41) is 0. The molecule has 1 aliphatic heterocycles. The summed E-state index contributed by atoms with van der Waals surface area (Å²) in [4.78, 5) is 32.2. The van der Waals surface area contributed by atoms with E-state index in [0.717, 1.165) is 18.4 Å². The van der Waals surface area contributed by atoms with Crippen molar-refractivity contribution in [2.24, 2.45) is 16.1 Å². The molecule has 2 bridgehead atoms. The van der Waals surface area contributed by atoms with Crippen molar-refractivity contribution in [3.63, 3.8) is 0 Å². The number of nitrogens with two attached hydrogens (primary N) is 1. The van der Waals surface area contributed by atoms with Crippen LogP contribution in [0.3, 0.4) is 0 Å². The van der Waals surface area contributed by atoms with Gasteiger partial charge in [0.05, 0.1) is 34.5 Å². The maximum absolute atomic E-state index is 13.9. The number of aromatic nitrogens is 4. The van der Waals surface area contributed by atoms with E-state index in [9.17, 15) is 18.0 Å². The Morgan fingerprint density at radius 3 is 2.47 bits per heavy atom. The van der Waals surface area contributed by atoms with Crippen molar-refractivity contribution in [1.29, 1.82) is 0 Å². The number of rotatable bonds is 5. The number of fused-ring (bicyclic) bond motifs is 1. The second-order valence-corrected chi connectivity index (χ2v) is 11.0. The van der Waals surface area contributed by atoms with E-state index in [4.69, 9.17) is 10.5 Å². The monoisotopic (exact) mass is 502 g/mol. The number of hydrogen-bond donors (Lipinski definition) is 1. The molecule has 8 nitrogen and oxygen atoms in total. The number of halogens is 3. The number of hydrogen-bond acceptors (Lipinski definition) is 7. The van der Waals surface area contributed by atoms with E-state index >= 15 is 0 Å². The Bertz CT molecular complexity index is 1340. The van der Waals surface area contributed by atoms with Crippen molar-refractivity contribution in [3.05, 3.63) is 39.2 Å². The van der Waals surface area contributed by atoms with Crippen LogP contribution in [0.2, 0.25) is 0 Å². The largest absolute Gasteiger partial charge is 0.404 e. The third-order valence-electron chi connectivity index (χ3n) is 8.43. The molecule has 3 heterocycles. The number of nitrogens with zero attached hydrogens (tertiary/aromatic N) is 5. The van der Waals surface area contributed by atoms with Crippen LogP contribution < -0.4 is 11.3 Å². The fourth-order valence-corrected chi connectivity index (χ4v) is 6.08. The highest BCUT2D eigenvalue weighted by Gasteiger charge is 2.79. The van der Waals surface area contributed by atoms with Gasteiger partial charge in [-0.3, -0.25) is 14.4 Å². The van der Waals surface area contributed by atoms with Gasteiger partial charge in [0.25, 0.3) is 5.56 Å². The topological polar surface area (TPSA) is 108 Å². The molecule has 4 saturated carbocycles. The summed E-state index contributed by atoms with van der Waals surface area (Å²) in [5.41, 5.74) is 5.85. The van der Waals surface area contributed by atoms with Crippen molar-refractivity contribution >= 4 is 17.5 Å². The Labute approximate surface area is 205 Å². The second kappa shape index (κ2) is 7.84.